The third-order valence-electron chi connectivity index (χ3n) is 3.19. The number of hydrogen-bond acceptors (Lipinski definition) is 1. The minimum atomic E-state index is 1.21. The maximum absolute atomic E-state index is 3.50. The smallest absolute Gasteiger partial charge is 0.0809 e. The van der Waals surface area contributed by atoms with E-state index in [1.165, 1.54) is 32.6 Å². The maximum atomic E-state index is 3.50. The summed E-state index contributed by atoms with van der Waals surface area (Å²) < 4.78 is 0. The van der Waals surface area contributed by atoms with E-state index in [-0.39, 0.29) is 0 Å². The van der Waals surface area contributed by atoms with Crippen LogP contribution >= 0.6 is 11.8 Å². The summed E-state index contributed by atoms with van der Waals surface area (Å²) in [5.74, 6) is 0. The van der Waals surface area contributed by atoms with Crippen LogP contribution in [0.15, 0.2) is 53.6 Å². The van der Waals surface area contributed by atoms with Gasteiger partial charge in [0.25, 0.3) is 0 Å². The second-order valence-electron chi connectivity index (χ2n) is 4.45. The highest BCUT2D eigenvalue weighted by Gasteiger charge is 2.12. The lowest BCUT2D eigenvalue weighted by atomic mass is 10.0. The summed E-state index contributed by atoms with van der Waals surface area (Å²) in [4.78, 5) is 3.50. The second kappa shape index (κ2) is 4.54. The van der Waals surface area contributed by atoms with Gasteiger partial charge in [-0.3, -0.25) is 0 Å². The number of fused-ring (bicyclic) bond motifs is 1. The molecular weight excluding hydrogens is 238 g/mol. The van der Waals surface area contributed by atoms with Gasteiger partial charge in [0.05, 0.1) is 5.03 Å². The average molecular weight is 253 g/mol. The van der Waals surface area contributed by atoms with Crippen LogP contribution in [0.25, 0.3) is 22.0 Å². The molecule has 0 fully saturated rings. The molecule has 3 rings (SSSR count). The fourth-order valence-corrected chi connectivity index (χ4v) is 2.97. The van der Waals surface area contributed by atoms with Gasteiger partial charge in [0, 0.05) is 16.5 Å². The van der Waals surface area contributed by atoms with Crippen molar-refractivity contribution in [1.29, 1.82) is 0 Å². The average Bonchev–Trinajstić information content (AvgIpc) is 2.77. The summed E-state index contributed by atoms with van der Waals surface area (Å²) in [6.07, 6.45) is 2.12. The Morgan fingerprint density at radius 1 is 1.00 bits per heavy atom. The number of H-pyrrole nitrogens is 1. The molecule has 0 bridgehead atoms. The molecule has 1 aromatic heterocycles. The first-order chi connectivity index (χ1) is 8.79. The minimum absolute atomic E-state index is 1.21. The molecule has 1 nitrogen and oxygen atoms in total. The Labute approximate surface area is 111 Å². The van der Waals surface area contributed by atoms with Crippen LogP contribution in [0.4, 0.5) is 0 Å². The predicted molar refractivity (Wildman–Crippen MR) is 80.3 cm³/mol. The molecule has 0 saturated heterocycles. The first kappa shape index (κ1) is 11.4. The molecular formula is C16H15NS. The van der Waals surface area contributed by atoms with Gasteiger partial charge in [-0.15, -0.1) is 11.8 Å². The maximum Gasteiger partial charge on any atom is 0.0809 e. The van der Waals surface area contributed by atoms with Crippen LogP contribution in [0.2, 0.25) is 0 Å². The van der Waals surface area contributed by atoms with Crippen molar-refractivity contribution in [3.63, 3.8) is 0 Å². The topological polar surface area (TPSA) is 15.8 Å². The summed E-state index contributed by atoms with van der Waals surface area (Å²) in [5.41, 5.74) is 5.11. The Kier molecular flexibility index (Phi) is 2.88. The third kappa shape index (κ3) is 1.83. The second-order valence-corrected chi connectivity index (χ2v) is 5.26. The number of hydrogen-bond donors (Lipinski definition) is 1. The highest BCUT2D eigenvalue weighted by Crippen LogP contribution is 2.37. The van der Waals surface area contributed by atoms with Crippen LogP contribution in [0, 0.1) is 6.92 Å². The van der Waals surface area contributed by atoms with Gasteiger partial charge in [-0.2, -0.15) is 0 Å². The van der Waals surface area contributed by atoms with E-state index in [0.717, 1.165) is 0 Å². The van der Waals surface area contributed by atoms with Crippen LogP contribution in [0.3, 0.4) is 0 Å². The molecule has 0 amide bonds. The van der Waals surface area contributed by atoms with E-state index in [1.54, 1.807) is 11.8 Å². The summed E-state index contributed by atoms with van der Waals surface area (Å²) in [6, 6.07) is 17.2. The highest BCUT2D eigenvalue weighted by atomic mass is 32.2. The van der Waals surface area contributed by atoms with E-state index in [0.29, 0.717) is 0 Å². The molecule has 0 spiro atoms. The summed E-state index contributed by atoms with van der Waals surface area (Å²) in [5, 5.41) is 2.55. The van der Waals surface area contributed by atoms with Crippen LogP contribution in [0.5, 0.6) is 0 Å². The molecule has 1 N–H and O–H groups in total. The summed E-state index contributed by atoms with van der Waals surface area (Å²) in [7, 11) is 0. The van der Waals surface area contributed by atoms with Gasteiger partial charge in [0.15, 0.2) is 0 Å². The molecule has 0 aliphatic heterocycles. The van der Waals surface area contributed by atoms with E-state index < -0.39 is 0 Å². The Morgan fingerprint density at radius 2 is 1.78 bits per heavy atom. The van der Waals surface area contributed by atoms with Gasteiger partial charge < -0.3 is 4.98 Å². The summed E-state index contributed by atoms with van der Waals surface area (Å²) in [6.45, 7) is 2.14. The number of aromatic nitrogens is 1. The minimum Gasteiger partial charge on any atom is -0.349 e. The van der Waals surface area contributed by atoms with E-state index in [9.17, 15) is 0 Å². The monoisotopic (exact) mass is 253 g/mol. The number of aromatic amines is 1. The number of benzene rings is 2. The Morgan fingerprint density at radius 3 is 2.50 bits per heavy atom. The number of thioether (sulfide) groups is 1. The van der Waals surface area contributed by atoms with Crippen LogP contribution < -0.4 is 0 Å². The molecule has 0 aliphatic rings. The molecule has 2 heteroatoms. The first-order valence-electron chi connectivity index (χ1n) is 6.01. The summed E-state index contributed by atoms with van der Waals surface area (Å²) >= 11 is 1.77. The molecule has 0 unspecified atom stereocenters. The molecule has 2 aromatic carbocycles. The normalized spacial score (nSPS) is 11.0. The number of rotatable bonds is 2. The van der Waals surface area contributed by atoms with E-state index in [2.05, 4.69) is 66.7 Å². The number of aryl methyl sites for hydroxylation is 1. The Balaban J connectivity index is 2.35. The SMILES string of the molecule is CSc1[nH]c2ccc(C)cc2c1-c1ccccc1. The zero-order valence-electron chi connectivity index (χ0n) is 10.5. The largest absolute Gasteiger partial charge is 0.349 e. The van der Waals surface area contributed by atoms with Gasteiger partial charge in [0.1, 0.15) is 0 Å². The molecule has 0 atom stereocenters. The quantitative estimate of drug-likeness (QED) is 0.644. The molecule has 18 heavy (non-hydrogen) atoms. The number of nitrogens with one attached hydrogen (secondary N) is 1. The van der Waals surface area contributed by atoms with Crippen LogP contribution in [-0.2, 0) is 0 Å². The standard InChI is InChI=1S/C16H15NS/c1-11-8-9-14-13(10-11)15(16(17-14)18-2)12-6-4-3-5-7-12/h3-10,17H,1-2H3. The predicted octanol–water partition coefficient (Wildman–Crippen LogP) is 4.87. The first-order valence-corrected chi connectivity index (χ1v) is 7.24. The molecule has 0 radical (unpaired) electrons. The molecule has 3 aromatic rings. The Bertz CT molecular complexity index is 683. The molecule has 90 valence electrons. The van der Waals surface area contributed by atoms with Gasteiger partial charge in [-0.1, -0.05) is 42.0 Å². The lowest BCUT2D eigenvalue weighted by Gasteiger charge is -2.03. The van der Waals surface area contributed by atoms with Crippen molar-refractivity contribution in [2.75, 3.05) is 6.26 Å². The van der Waals surface area contributed by atoms with Gasteiger partial charge in [0.2, 0.25) is 0 Å². The van der Waals surface area contributed by atoms with Crippen molar-refractivity contribution in [2.45, 2.75) is 11.9 Å². The lowest BCUT2D eigenvalue weighted by molar-refractivity contribution is 1.25. The lowest BCUT2D eigenvalue weighted by Crippen LogP contribution is -1.78. The van der Waals surface area contributed by atoms with Crippen molar-refractivity contribution in [1.82, 2.24) is 4.98 Å². The van der Waals surface area contributed by atoms with Crippen molar-refractivity contribution in [3.8, 4) is 11.1 Å². The van der Waals surface area contributed by atoms with Gasteiger partial charge in [-0.05, 0) is 30.9 Å². The van der Waals surface area contributed by atoms with Crippen molar-refractivity contribution < 1.29 is 0 Å². The van der Waals surface area contributed by atoms with E-state index in [4.69, 9.17) is 0 Å². The highest BCUT2D eigenvalue weighted by molar-refractivity contribution is 7.98. The van der Waals surface area contributed by atoms with Crippen LogP contribution in [0.1, 0.15) is 5.56 Å². The zero-order chi connectivity index (χ0) is 12.5. The van der Waals surface area contributed by atoms with E-state index >= 15 is 0 Å². The van der Waals surface area contributed by atoms with Crippen molar-refractivity contribution in [3.05, 3.63) is 54.1 Å². The van der Waals surface area contributed by atoms with Gasteiger partial charge >= 0.3 is 0 Å². The molecule has 0 aliphatic carbocycles. The van der Waals surface area contributed by atoms with Crippen molar-refractivity contribution in [2.24, 2.45) is 0 Å². The fraction of sp³-hybridized carbons (Fsp3) is 0.125. The molecule has 1 heterocycles. The third-order valence-corrected chi connectivity index (χ3v) is 3.90. The van der Waals surface area contributed by atoms with Gasteiger partial charge in [-0.25, -0.2) is 0 Å². The molecule has 0 saturated carbocycles. The van der Waals surface area contributed by atoms with Crippen molar-refractivity contribution >= 4 is 22.7 Å². The Hall–Kier alpha value is -1.67. The van der Waals surface area contributed by atoms with E-state index in [1.807, 2.05) is 0 Å². The van der Waals surface area contributed by atoms with Crippen LogP contribution in [-0.4, -0.2) is 11.2 Å². The fourth-order valence-electron chi connectivity index (χ4n) is 2.33. The zero-order valence-corrected chi connectivity index (χ0v) is 11.3.